The van der Waals surface area contributed by atoms with E-state index >= 15 is 0 Å². The van der Waals surface area contributed by atoms with Gasteiger partial charge in [0.05, 0.1) is 5.56 Å². The molecule has 2 aliphatic heterocycles. The summed E-state index contributed by atoms with van der Waals surface area (Å²) in [6.45, 7) is 5.14. The Morgan fingerprint density at radius 3 is 2.81 bits per heavy atom. The Hall–Kier alpha value is -2.59. The Labute approximate surface area is 158 Å². The molecule has 0 bridgehead atoms. The smallest absolute Gasteiger partial charge is 0.155 e. The first-order chi connectivity index (χ1) is 13.1. The van der Waals surface area contributed by atoms with E-state index in [1.807, 2.05) is 13.0 Å². The Morgan fingerprint density at radius 2 is 2.07 bits per heavy atom. The van der Waals surface area contributed by atoms with Crippen molar-refractivity contribution in [2.75, 3.05) is 31.6 Å². The number of nitrogens with zero attached hydrogens (tertiary/aromatic N) is 6. The van der Waals surface area contributed by atoms with E-state index < -0.39 is 5.82 Å². The van der Waals surface area contributed by atoms with Gasteiger partial charge in [0.1, 0.15) is 17.5 Å². The molecule has 2 aromatic rings. The average Bonchev–Trinajstić information content (AvgIpc) is 2.68. The van der Waals surface area contributed by atoms with E-state index in [0.717, 1.165) is 55.8 Å². The van der Waals surface area contributed by atoms with Gasteiger partial charge in [0.25, 0.3) is 0 Å². The summed E-state index contributed by atoms with van der Waals surface area (Å²) in [6.07, 6.45) is 5.71. The van der Waals surface area contributed by atoms with Crippen molar-refractivity contribution < 1.29 is 4.39 Å². The molecule has 140 valence electrons. The maximum atomic E-state index is 14.4. The van der Waals surface area contributed by atoms with E-state index in [4.69, 9.17) is 5.26 Å². The first-order valence-electron chi connectivity index (χ1n) is 9.46. The second kappa shape index (κ2) is 7.20. The van der Waals surface area contributed by atoms with Gasteiger partial charge >= 0.3 is 0 Å². The highest BCUT2D eigenvalue weighted by atomic mass is 19.1. The first-order valence-corrected chi connectivity index (χ1v) is 9.46. The maximum absolute atomic E-state index is 14.4. The average molecular weight is 366 g/mol. The molecule has 4 heterocycles. The standard InChI is InChI=1S/C20H23FN6/c1-13-16-6-4-8-27(15-5-3-7-26(2)12-15)20(16)25-24-18(13)19-17(21)9-14(10-22)11-23-19/h9,11,15H,3-8,12H2,1-2H3/t15-/m0/s1. The number of nitriles is 1. The van der Waals surface area contributed by atoms with E-state index in [0.29, 0.717) is 11.7 Å². The van der Waals surface area contributed by atoms with Crippen LogP contribution in [0.5, 0.6) is 0 Å². The SMILES string of the molecule is Cc1c(-c2ncc(C#N)cc2F)nnc2c1CCCN2[C@H]1CCCN(C)C1. The minimum atomic E-state index is -0.534. The summed E-state index contributed by atoms with van der Waals surface area (Å²) in [7, 11) is 2.16. The van der Waals surface area contributed by atoms with Crippen LogP contribution in [-0.4, -0.2) is 52.8 Å². The van der Waals surface area contributed by atoms with Crippen molar-refractivity contribution in [1.82, 2.24) is 20.1 Å². The highest BCUT2D eigenvalue weighted by molar-refractivity contribution is 5.66. The maximum Gasteiger partial charge on any atom is 0.155 e. The fourth-order valence-electron chi connectivity index (χ4n) is 4.25. The Bertz CT molecular complexity index is 906. The largest absolute Gasteiger partial charge is 0.351 e. The van der Waals surface area contributed by atoms with Crippen LogP contribution in [0.2, 0.25) is 0 Å². The molecule has 1 atom stereocenters. The van der Waals surface area contributed by atoms with Gasteiger partial charge < -0.3 is 9.80 Å². The van der Waals surface area contributed by atoms with Gasteiger partial charge in [-0.3, -0.25) is 4.98 Å². The molecule has 0 saturated carbocycles. The van der Waals surface area contributed by atoms with Crippen LogP contribution in [0.4, 0.5) is 10.2 Å². The molecule has 0 amide bonds. The van der Waals surface area contributed by atoms with Crippen molar-refractivity contribution >= 4 is 5.82 Å². The summed E-state index contributed by atoms with van der Waals surface area (Å²) in [5.41, 5.74) is 2.91. The molecule has 0 unspecified atom stereocenters. The molecule has 0 spiro atoms. The summed E-state index contributed by atoms with van der Waals surface area (Å²) in [4.78, 5) is 8.89. The minimum absolute atomic E-state index is 0.163. The molecule has 4 rings (SSSR count). The molecule has 0 radical (unpaired) electrons. The number of piperidine rings is 1. The summed E-state index contributed by atoms with van der Waals surface area (Å²) >= 11 is 0. The second-order valence-electron chi connectivity index (χ2n) is 7.50. The van der Waals surface area contributed by atoms with E-state index in [1.165, 1.54) is 18.7 Å². The van der Waals surface area contributed by atoms with Gasteiger partial charge in [-0.2, -0.15) is 5.26 Å². The van der Waals surface area contributed by atoms with Crippen LogP contribution in [0.1, 0.15) is 36.0 Å². The third-order valence-corrected chi connectivity index (χ3v) is 5.66. The number of hydrogen-bond donors (Lipinski definition) is 0. The fourth-order valence-corrected chi connectivity index (χ4v) is 4.25. The molecule has 0 N–H and O–H groups in total. The van der Waals surface area contributed by atoms with E-state index in [2.05, 4.69) is 32.0 Å². The summed E-state index contributed by atoms with van der Waals surface area (Å²) in [6, 6.07) is 3.56. The van der Waals surface area contributed by atoms with Gasteiger partial charge in [-0.25, -0.2) is 4.39 Å². The van der Waals surface area contributed by atoms with Crippen molar-refractivity contribution in [2.45, 2.75) is 38.6 Å². The number of rotatable bonds is 2. The van der Waals surface area contributed by atoms with Crippen molar-refractivity contribution in [3.05, 3.63) is 34.8 Å². The highest BCUT2D eigenvalue weighted by Crippen LogP contribution is 2.34. The summed E-state index contributed by atoms with van der Waals surface area (Å²) in [5.74, 6) is 0.407. The Morgan fingerprint density at radius 1 is 1.22 bits per heavy atom. The number of hydrogen-bond acceptors (Lipinski definition) is 6. The molecule has 1 fully saturated rings. The molecule has 0 aromatic carbocycles. The number of likely N-dealkylation sites (tertiary alicyclic amines) is 1. The lowest BCUT2D eigenvalue weighted by atomic mass is 9.95. The Balaban J connectivity index is 1.72. The number of anilines is 1. The van der Waals surface area contributed by atoms with Crippen LogP contribution in [0, 0.1) is 24.1 Å². The Kier molecular flexibility index (Phi) is 4.75. The third-order valence-electron chi connectivity index (χ3n) is 5.66. The monoisotopic (exact) mass is 366 g/mol. The molecule has 2 aromatic heterocycles. The van der Waals surface area contributed by atoms with E-state index in [1.54, 1.807) is 0 Å². The van der Waals surface area contributed by atoms with Crippen LogP contribution in [0.3, 0.4) is 0 Å². The molecule has 7 heteroatoms. The molecule has 0 aliphatic carbocycles. The lowest BCUT2D eigenvalue weighted by Gasteiger charge is -2.41. The lowest BCUT2D eigenvalue weighted by Crippen LogP contribution is -2.49. The van der Waals surface area contributed by atoms with Gasteiger partial charge in [0.2, 0.25) is 0 Å². The van der Waals surface area contributed by atoms with Crippen LogP contribution in [0.25, 0.3) is 11.4 Å². The normalized spacial score (nSPS) is 20.2. The summed E-state index contributed by atoms with van der Waals surface area (Å²) in [5, 5.41) is 17.8. The van der Waals surface area contributed by atoms with Crippen LogP contribution < -0.4 is 4.90 Å². The lowest BCUT2D eigenvalue weighted by molar-refractivity contribution is 0.242. The second-order valence-corrected chi connectivity index (χ2v) is 7.50. The predicted octanol–water partition coefficient (Wildman–Crippen LogP) is 2.70. The molecule has 6 nitrogen and oxygen atoms in total. The first kappa shape index (κ1) is 17.8. The van der Waals surface area contributed by atoms with Crippen LogP contribution in [-0.2, 0) is 6.42 Å². The topological polar surface area (TPSA) is 68.9 Å². The van der Waals surface area contributed by atoms with Gasteiger partial charge in [-0.1, -0.05) is 0 Å². The zero-order chi connectivity index (χ0) is 19.0. The van der Waals surface area contributed by atoms with Gasteiger partial charge in [-0.05, 0) is 57.8 Å². The van der Waals surface area contributed by atoms with E-state index in [9.17, 15) is 4.39 Å². The molecule has 2 aliphatic rings. The van der Waals surface area contributed by atoms with Crippen molar-refractivity contribution in [2.24, 2.45) is 0 Å². The molecule has 27 heavy (non-hydrogen) atoms. The zero-order valence-corrected chi connectivity index (χ0v) is 15.7. The van der Waals surface area contributed by atoms with Gasteiger partial charge in [-0.15, -0.1) is 10.2 Å². The van der Waals surface area contributed by atoms with Crippen molar-refractivity contribution in [3.8, 4) is 17.5 Å². The van der Waals surface area contributed by atoms with Crippen molar-refractivity contribution in [3.63, 3.8) is 0 Å². The number of aromatic nitrogens is 3. The molecular weight excluding hydrogens is 343 g/mol. The molecular formula is C20H23FN6. The van der Waals surface area contributed by atoms with Gasteiger partial charge in [0.15, 0.2) is 11.6 Å². The van der Waals surface area contributed by atoms with Crippen LogP contribution >= 0.6 is 0 Å². The fraction of sp³-hybridized carbons (Fsp3) is 0.500. The van der Waals surface area contributed by atoms with Gasteiger partial charge in [0, 0.05) is 30.9 Å². The molecule has 1 saturated heterocycles. The summed E-state index contributed by atoms with van der Waals surface area (Å²) < 4.78 is 14.4. The number of pyridine rings is 1. The quantitative estimate of drug-likeness (QED) is 0.814. The number of halogens is 1. The number of likely N-dealkylation sites (N-methyl/N-ethyl adjacent to an activating group) is 1. The van der Waals surface area contributed by atoms with E-state index in [-0.39, 0.29) is 11.3 Å². The van der Waals surface area contributed by atoms with Crippen molar-refractivity contribution in [1.29, 1.82) is 5.26 Å². The third kappa shape index (κ3) is 3.26. The predicted molar refractivity (Wildman–Crippen MR) is 101 cm³/mol. The highest BCUT2D eigenvalue weighted by Gasteiger charge is 2.30. The zero-order valence-electron chi connectivity index (χ0n) is 15.7. The number of fused-ring (bicyclic) bond motifs is 1. The minimum Gasteiger partial charge on any atom is -0.351 e. The van der Waals surface area contributed by atoms with Crippen LogP contribution in [0.15, 0.2) is 12.3 Å².